The van der Waals surface area contributed by atoms with Crippen molar-refractivity contribution < 1.29 is 9.90 Å². The van der Waals surface area contributed by atoms with Gasteiger partial charge < -0.3 is 15.3 Å². The molecule has 2 fully saturated rings. The van der Waals surface area contributed by atoms with Crippen LogP contribution in [0.1, 0.15) is 19.8 Å². The van der Waals surface area contributed by atoms with Crippen LogP contribution in [0.4, 0.5) is 0 Å². The summed E-state index contributed by atoms with van der Waals surface area (Å²) in [6, 6.07) is 0. The maximum absolute atomic E-state index is 12.2. The summed E-state index contributed by atoms with van der Waals surface area (Å²) in [5.74, 6) is 1.17. The van der Waals surface area contributed by atoms with Crippen LogP contribution >= 0.6 is 0 Å². The average molecular weight is 226 g/mol. The van der Waals surface area contributed by atoms with Crippen molar-refractivity contribution in [3.8, 4) is 0 Å². The topological polar surface area (TPSA) is 52.6 Å². The Morgan fingerprint density at radius 2 is 2.31 bits per heavy atom. The number of piperidine rings is 1. The molecule has 0 saturated carbocycles. The molecule has 2 heterocycles. The average Bonchev–Trinajstić information content (AvgIpc) is 2.71. The maximum Gasteiger partial charge on any atom is 0.226 e. The summed E-state index contributed by atoms with van der Waals surface area (Å²) in [5, 5.41) is 12.5. The van der Waals surface area contributed by atoms with Crippen LogP contribution in [0.15, 0.2) is 0 Å². The van der Waals surface area contributed by atoms with E-state index in [1.165, 1.54) is 0 Å². The van der Waals surface area contributed by atoms with Gasteiger partial charge in [-0.1, -0.05) is 6.92 Å². The third kappa shape index (κ3) is 2.38. The molecule has 0 spiro atoms. The minimum absolute atomic E-state index is 0.165. The molecule has 16 heavy (non-hydrogen) atoms. The Morgan fingerprint density at radius 1 is 1.50 bits per heavy atom. The van der Waals surface area contributed by atoms with Crippen LogP contribution in [0.2, 0.25) is 0 Å². The zero-order chi connectivity index (χ0) is 11.5. The van der Waals surface area contributed by atoms with Crippen molar-refractivity contribution in [2.45, 2.75) is 19.8 Å². The molecule has 0 bridgehead atoms. The number of amides is 1. The molecule has 0 aromatic rings. The molecule has 0 aromatic heterocycles. The highest BCUT2D eigenvalue weighted by molar-refractivity contribution is 5.79. The Balaban J connectivity index is 1.90. The van der Waals surface area contributed by atoms with E-state index < -0.39 is 0 Å². The molecular formula is C12H22N2O2. The number of rotatable bonds is 2. The van der Waals surface area contributed by atoms with Crippen LogP contribution in [-0.2, 0) is 4.79 Å². The van der Waals surface area contributed by atoms with E-state index in [9.17, 15) is 9.90 Å². The first-order valence-corrected chi connectivity index (χ1v) is 6.32. The van der Waals surface area contributed by atoms with E-state index >= 15 is 0 Å². The number of nitrogens with zero attached hydrogens (tertiary/aromatic N) is 1. The molecular weight excluding hydrogens is 204 g/mol. The molecule has 2 rings (SSSR count). The van der Waals surface area contributed by atoms with E-state index in [1.807, 2.05) is 4.90 Å². The number of aliphatic hydroxyl groups is 1. The van der Waals surface area contributed by atoms with Crippen molar-refractivity contribution in [1.29, 1.82) is 0 Å². The summed E-state index contributed by atoms with van der Waals surface area (Å²) < 4.78 is 0. The smallest absolute Gasteiger partial charge is 0.226 e. The molecule has 1 amide bonds. The Morgan fingerprint density at radius 3 is 2.88 bits per heavy atom. The third-order valence-electron chi connectivity index (χ3n) is 3.96. The molecule has 0 aromatic carbocycles. The molecule has 92 valence electrons. The quantitative estimate of drug-likeness (QED) is 0.701. The zero-order valence-electron chi connectivity index (χ0n) is 9.98. The van der Waals surface area contributed by atoms with Gasteiger partial charge in [-0.05, 0) is 25.3 Å². The van der Waals surface area contributed by atoms with Crippen molar-refractivity contribution in [3.05, 3.63) is 0 Å². The van der Waals surface area contributed by atoms with Gasteiger partial charge in [0.15, 0.2) is 0 Å². The highest BCUT2D eigenvalue weighted by Gasteiger charge is 2.35. The van der Waals surface area contributed by atoms with Crippen LogP contribution < -0.4 is 5.32 Å². The van der Waals surface area contributed by atoms with Gasteiger partial charge in [0.25, 0.3) is 0 Å². The standard InChI is InChI=1S/C12H22N2O2/c1-9-6-14(7-11(9)8-15)12(16)10-3-2-4-13-5-10/h9-11,13,15H,2-8H2,1H3. The Kier molecular flexibility index (Phi) is 3.82. The van der Waals surface area contributed by atoms with E-state index in [4.69, 9.17) is 0 Å². The maximum atomic E-state index is 12.2. The summed E-state index contributed by atoms with van der Waals surface area (Å²) >= 11 is 0. The lowest BCUT2D eigenvalue weighted by molar-refractivity contribution is -0.135. The molecule has 3 unspecified atom stereocenters. The summed E-state index contributed by atoms with van der Waals surface area (Å²) in [5.41, 5.74) is 0. The molecule has 3 atom stereocenters. The predicted octanol–water partition coefficient (Wildman–Crippen LogP) is 0.0728. The predicted molar refractivity (Wildman–Crippen MR) is 61.9 cm³/mol. The number of aliphatic hydroxyl groups excluding tert-OH is 1. The highest BCUT2D eigenvalue weighted by Crippen LogP contribution is 2.25. The van der Waals surface area contributed by atoms with Crippen molar-refractivity contribution in [2.24, 2.45) is 17.8 Å². The normalized spacial score (nSPS) is 35.4. The van der Waals surface area contributed by atoms with Crippen LogP contribution in [-0.4, -0.2) is 48.7 Å². The zero-order valence-corrected chi connectivity index (χ0v) is 9.98. The highest BCUT2D eigenvalue weighted by atomic mass is 16.3. The monoisotopic (exact) mass is 226 g/mol. The van der Waals surface area contributed by atoms with E-state index in [0.717, 1.165) is 39.0 Å². The molecule has 2 N–H and O–H groups in total. The van der Waals surface area contributed by atoms with Gasteiger partial charge in [0, 0.05) is 32.2 Å². The third-order valence-corrected chi connectivity index (χ3v) is 3.96. The first kappa shape index (κ1) is 11.9. The van der Waals surface area contributed by atoms with E-state index in [0.29, 0.717) is 5.92 Å². The fourth-order valence-corrected chi connectivity index (χ4v) is 2.77. The first-order valence-electron chi connectivity index (χ1n) is 6.32. The summed E-state index contributed by atoms with van der Waals surface area (Å²) in [6.45, 7) is 5.75. The van der Waals surface area contributed by atoms with Gasteiger partial charge in [0.1, 0.15) is 0 Å². The fraction of sp³-hybridized carbons (Fsp3) is 0.917. The van der Waals surface area contributed by atoms with Crippen LogP contribution in [0.5, 0.6) is 0 Å². The van der Waals surface area contributed by atoms with Crippen LogP contribution in [0, 0.1) is 17.8 Å². The molecule has 2 aliphatic rings. The number of carbonyl (C=O) groups excluding carboxylic acids is 1. The molecule has 2 saturated heterocycles. The van der Waals surface area contributed by atoms with Gasteiger partial charge in [-0.15, -0.1) is 0 Å². The summed E-state index contributed by atoms with van der Waals surface area (Å²) in [7, 11) is 0. The Labute approximate surface area is 97.0 Å². The van der Waals surface area contributed by atoms with Crippen molar-refractivity contribution in [3.63, 3.8) is 0 Å². The van der Waals surface area contributed by atoms with E-state index in [2.05, 4.69) is 12.2 Å². The minimum atomic E-state index is 0.165. The van der Waals surface area contributed by atoms with Gasteiger partial charge in [0.2, 0.25) is 5.91 Å². The molecule has 4 heteroatoms. The number of hydrogen-bond acceptors (Lipinski definition) is 3. The van der Waals surface area contributed by atoms with Gasteiger partial charge in [-0.25, -0.2) is 0 Å². The second-order valence-corrected chi connectivity index (χ2v) is 5.21. The van der Waals surface area contributed by atoms with E-state index in [1.54, 1.807) is 0 Å². The number of hydrogen-bond donors (Lipinski definition) is 2. The van der Waals surface area contributed by atoms with Gasteiger partial charge in [-0.2, -0.15) is 0 Å². The Bertz CT molecular complexity index is 251. The fourth-order valence-electron chi connectivity index (χ4n) is 2.77. The van der Waals surface area contributed by atoms with Crippen molar-refractivity contribution in [2.75, 3.05) is 32.8 Å². The van der Waals surface area contributed by atoms with E-state index in [-0.39, 0.29) is 24.3 Å². The minimum Gasteiger partial charge on any atom is -0.396 e. The number of nitrogens with one attached hydrogen (secondary N) is 1. The lowest BCUT2D eigenvalue weighted by atomic mass is 9.98. The number of carbonyl (C=O) groups is 1. The molecule has 2 aliphatic heterocycles. The lowest BCUT2D eigenvalue weighted by Crippen LogP contribution is -2.42. The van der Waals surface area contributed by atoms with Crippen molar-refractivity contribution in [1.82, 2.24) is 10.2 Å². The number of likely N-dealkylation sites (tertiary alicyclic amines) is 1. The van der Waals surface area contributed by atoms with Gasteiger partial charge in [-0.3, -0.25) is 4.79 Å². The molecule has 0 radical (unpaired) electrons. The second kappa shape index (κ2) is 5.15. The van der Waals surface area contributed by atoms with Crippen LogP contribution in [0.3, 0.4) is 0 Å². The summed E-state index contributed by atoms with van der Waals surface area (Å²) in [6.07, 6.45) is 2.11. The largest absolute Gasteiger partial charge is 0.396 e. The van der Waals surface area contributed by atoms with Crippen LogP contribution in [0.25, 0.3) is 0 Å². The lowest BCUT2D eigenvalue weighted by Gasteiger charge is -2.26. The van der Waals surface area contributed by atoms with Gasteiger partial charge >= 0.3 is 0 Å². The summed E-state index contributed by atoms with van der Waals surface area (Å²) in [4.78, 5) is 14.2. The van der Waals surface area contributed by atoms with Gasteiger partial charge in [0.05, 0.1) is 5.92 Å². The Hall–Kier alpha value is -0.610. The molecule has 0 aliphatic carbocycles. The SMILES string of the molecule is CC1CN(C(=O)C2CCCNC2)CC1CO. The second-order valence-electron chi connectivity index (χ2n) is 5.21. The molecule has 4 nitrogen and oxygen atoms in total. The van der Waals surface area contributed by atoms with Crippen molar-refractivity contribution >= 4 is 5.91 Å². The first-order chi connectivity index (χ1) is 7.72.